The van der Waals surface area contributed by atoms with Gasteiger partial charge in [0.05, 0.1) is 16.7 Å². The average Bonchev–Trinajstić information content (AvgIpc) is 2.98. The first-order valence-electron chi connectivity index (χ1n) is 12.3. The summed E-state index contributed by atoms with van der Waals surface area (Å²) in [7, 11) is 0. The van der Waals surface area contributed by atoms with Crippen LogP contribution < -0.4 is 5.32 Å². The molecule has 2 aliphatic rings. The van der Waals surface area contributed by atoms with E-state index in [4.69, 9.17) is 4.74 Å². The molecule has 2 aliphatic heterocycles. The van der Waals surface area contributed by atoms with Crippen molar-refractivity contribution >= 4 is 41.3 Å². The van der Waals surface area contributed by atoms with Gasteiger partial charge in [-0.25, -0.2) is 0 Å². The molecular formula is C28H34N2O4S2. The van der Waals surface area contributed by atoms with Crippen molar-refractivity contribution in [3.05, 3.63) is 71.3 Å². The van der Waals surface area contributed by atoms with E-state index in [9.17, 15) is 14.4 Å². The third-order valence-electron chi connectivity index (χ3n) is 6.49. The van der Waals surface area contributed by atoms with Gasteiger partial charge >= 0.3 is 5.97 Å². The van der Waals surface area contributed by atoms with Crippen LogP contribution in [0.15, 0.2) is 54.6 Å². The van der Waals surface area contributed by atoms with E-state index in [1.807, 2.05) is 59.1 Å². The van der Waals surface area contributed by atoms with Crippen molar-refractivity contribution in [3.8, 4) is 0 Å². The second kappa shape index (κ2) is 11.7. The second-order valence-corrected chi connectivity index (χ2v) is 12.5. The lowest BCUT2D eigenvalue weighted by molar-refractivity contribution is -0.150. The fourth-order valence-corrected chi connectivity index (χ4v) is 6.44. The van der Waals surface area contributed by atoms with E-state index < -0.39 is 16.7 Å². The zero-order valence-corrected chi connectivity index (χ0v) is 22.7. The van der Waals surface area contributed by atoms with Crippen LogP contribution >= 0.6 is 23.5 Å². The number of ether oxygens (including phenoxy) is 1. The summed E-state index contributed by atoms with van der Waals surface area (Å²) in [6.45, 7) is 6.09. The highest BCUT2D eigenvalue weighted by Gasteiger charge is 2.38. The highest BCUT2D eigenvalue weighted by atomic mass is 32.2. The molecular weight excluding hydrogens is 492 g/mol. The van der Waals surface area contributed by atoms with Gasteiger partial charge in [0.2, 0.25) is 11.8 Å². The summed E-state index contributed by atoms with van der Waals surface area (Å²) in [5.74, 6) is 1.31. The molecule has 0 spiro atoms. The van der Waals surface area contributed by atoms with Crippen molar-refractivity contribution in [2.24, 2.45) is 5.41 Å². The molecule has 2 aromatic rings. The van der Waals surface area contributed by atoms with Gasteiger partial charge < -0.3 is 15.0 Å². The SMILES string of the molecule is CC(C)(C)C(=O)OCS[C@H](Cc1ccccc1)C(=O)NC1Cc2ccccc2C2CSCCN2C1=O. The van der Waals surface area contributed by atoms with Gasteiger partial charge in [0, 0.05) is 24.5 Å². The van der Waals surface area contributed by atoms with Crippen LogP contribution in [0.3, 0.4) is 0 Å². The van der Waals surface area contributed by atoms with Gasteiger partial charge in [0.25, 0.3) is 0 Å². The van der Waals surface area contributed by atoms with Gasteiger partial charge in [0.1, 0.15) is 12.0 Å². The topological polar surface area (TPSA) is 75.7 Å². The number of esters is 1. The molecule has 3 atom stereocenters. The Bertz CT molecular complexity index is 1090. The Labute approximate surface area is 221 Å². The minimum atomic E-state index is -0.622. The van der Waals surface area contributed by atoms with Crippen molar-refractivity contribution in [2.75, 3.05) is 24.0 Å². The first-order valence-corrected chi connectivity index (χ1v) is 14.5. The normalized spacial score (nSPS) is 20.5. The zero-order chi connectivity index (χ0) is 25.7. The van der Waals surface area contributed by atoms with Gasteiger partial charge in [-0.2, -0.15) is 11.8 Å². The molecule has 0 bridgehead atoms. The lowest BCUT2D eigenvalue weighted by atomic mass is 9.98. The summed E-state index contributed by atoms with van der Waals surface area (Å²) in [5.41, 5.74) is 2.69. The molecule has 0 aromatic heterocycles. The monoisotopic (exact) mass is 526 g/mol. The highest BCUT2D eigenvalue weighted by molar-refractivity contribution is 8.00. The van der Waals surface area contributed by atoms with E-state index in [-0.39, 0.29) is 29.8 Å². The van der Waals surface area contributed by atoms with E-state index in [1.54, 1.807) is 20.8 Å². The van der Waals surface area contributed by atoms with Crippen LogP contribution in [0.4, 0.5) is 0 Å². The Morgan fingerprint density at radius 2 is 1.86 bits per heavy atom. The molecule has 2 heterocycles. The Kier molecular flexibility index (Phi) is 8.67. The van der Waals surface area contributed by atoms with Crippen LogP contribution in [0, 0.1) is 5.41 Å². The molecule has 0 aliphatic carbocycles. The third kappa shape index (κ3) is 6.45. The number of carbonyl (C=O) groups is 3. The van der Waals surface area contributed by atoms with Crippen molar-refractivity contribution in [1.29, 1.82) is 0 Å². The second-order valence-electron chi connectivity index (χ2n) is 10.2. The van der Waals surface area contributed by atoms with E-state index >= 15 is 0 Å². The molecule has 0 radical (unpaired) electrons. The van der Waals surface area contributed by atoms with Gasteiger partial charge in [-0.05, 0) is 43.9 Å². The molecule has 192 valence electrons. The summed E-state index contributed by atoms with van der Waals surface area (Å²) in [6, 6.07) is 17.4. The Morgan fingerprint density at radius 3 is 2.61 bits per heavy atom. The summed E-state index contributed by atoms with van der Waals surface area (Å²) >= 11 is 3.15. The van der Waals surface area contributed by atoms with Crippen molar-refractivity contribution in [1.82, 2.24) is 10.2 Å². The molecule has 8 heteroatoms. The van der Waals surface area contributed by atoms with Crippen molar-refractivity contribution < 1.29 is 19.1 Å². The van der Waals surface area contributed by atoms with Crippen molar-refractivity contribution in [3.63, 3.8) is 0 Å². The largest absolute Gasteiger partial charge is 0.454 e. The van der Waals surface area contributed by atoms with E-state index in [0.717, 1.165) is 22.6 Å². The fourth-order valence-electron chi connectivity index (χ4n) is 4.50. The number of nitrogens with zero attached hydrogens (tertiary/aromatic N) is 1. The number of thioether (sulfide) groups is 2. The first-order chi connectivity index (χ1) is 17.2. The number of fused-ring (bicyclic) bond motifs is 3. The minimum absolute atomic E-state index is 0.0209. The molecule has 4 rings (SSSR count). The van der Waals surface area contributed by atoms with Crippen LogP contribution in [0.25, 0.3) is 0 Å². The summed E-state index contributed by atoms with van der Waals surface area (Å²) < 4.78 is 5.44. The number of hydrogen-bond acceptors (Lipinski definition) is 6. The fraction of sp³-hybridized carbons (Fsp3) is 0.464. The summed E-state index contributed by atoms with van der Waals surface area (Å²) in [5, 5.41) is 2.57. The number of carbonyl (C=O) groups excluding carboxylic acids is 3. The van der Waals surface area contributed by atoms with Gasteiger partial charge in [-0.3, -0.25) is 14.4 Å². The Morgan fingerprint density at radius 1 is 1.14 bits per heavy atom. The lowest BCUT2D eigenvalue weighted by Gasteiger charge is -2.36. The van der Waals surface area contributed by atoms with Crippen molar-refractivity contribution in [2.45, 2.75) is 50.9 Å². The zero-order valence-electron chi connectivity index (χ0n) is 21.1. The van der Waals surface area contributed by atoms with Crippen LogP contribution in [-0.4, -0.2) is 58.0 Å². The summed E-state index contributed by atoms with van der Waals surface area (Å²) in [6.07, 6.45) is 0.949. The maximum absolute atomic E-state index is 13.6. The molecule has 6 nitrogen and oxygen atoms in total. The maximum Gasteiger partial charge on any atom is 0.312 e. The standard InChI is InChI=1S/C28H34N2O4S2/c1-28(2,3)27(33)34-18-36-24(15-19-9-5-4-6-10-19)25(31)29-22-16-20-11-7-8-12-21(20)23-17-35-14-13-30(23)26(22)32/h4-12,22-24H,13-18H2,1-3H3,(H,29,31)/t22?,23?,24-/m1/s1. The van der Waals surface area contributed by atoms with E-state index in [2.05, 4.69) is 17.4 Å². The van der Waals surface area contributed by atoms with Crippen LogP contribution in [0.5, 0.6) is 0 Å². The number of hydrogen-bond donors (Lipinski definition) is 1. The van der Waals surface area contributed by atoms with E-state index in [1.165, 1.54) is 17.3 Å². The molecule has 1 saturated heterocycles. The van der Waals surface area contributed by atoms with Crippen LogP contribution in [-0.2, 0) is 32.0 Å². The number of nitrogens with one attached hydrogen (secondary N) is 1. The van der Waals surface area contributed by atoms with Gasteiger partial charge in [0.15, 0.2) is 0 Å². The first kappa shape index (κ1) is 26.6. The molecule has 2 amide bonds. The Balaban J connectivity index is 1.51. The predicted molar refractivity (Wildman–Crippen MR) is 146 cm³/mol. The lowest BCUT2D eigenvalue weighted by Crippen LogP contribution is -2.52. The number of rotatable bonds is 7. The Hall–Kier alpha value is -2.45. The maximum atomic E-state index is 13.6. The number of amides is 2. The molecule has 36 heavy (non-hydrogen) atoms. The van der Waals surface area contributed by atoms with Crippen LogP contribution in [0.2, 0.25) is 0 Å². The van der Waals surface area contributed by atoms with Gasteiger partial charge in [-0.15, -0.1) is 11.8 Å². The predicted octanol–water partition coefficient (Wildman–Crippen LogP) is 4.24. The molecule has 0 saturated carbocycles. The quantitative estimate of drug-likeness (QED) is 0.430. The molecule has 2 unspecified atom stereocenters. The highest BCUT2D eigenvalue weighted by Crippen LogP contribution is 2.35. The third-order valence-corrected chi connectivity index (χ3v) is 8.55. The number of benzene rings is 2. The van der Waals surface area contributed by atoms with Gasteiger partial charge in [-0.1, -0.05) is 54.6 Å². The molecule has 1 N–H and O–H groups in total. The molecule has 1 fully saturated rings. The van der Waals surface area contributed by atoms with E-state index in [0.29, 0.717) is 19.4 Å². The average molecular weight is 527 g/mol. The van der Waals surface area contributed by atoms with Crippen LogP contribution in [0.1, 0.15) is 43.5 Å². The summed E-state index contributed by atoms with van der Waals surface area (Å²) in [4.78, 5) is 41.4. The molecule has 2 aromatic carbocycles. The smallest absolute Gasteiger partial charge is 0.312 e. The minimum Gasteiger partial charge on any atom is -0.454 e.